The van der Waals surface area contributed by atoms with E-state index in [1.165, 1.54) is 18.4 Å². The minimum Gasteiger partial charge on any atom is -0.338 e. The first kappa shape index (κ1) is 16.1. The fourth-order valence-electron chi connectivity index (χ4n) is 2.56. The van der Waals surface area contributed by atoms with Crippen molar-refractivity contribution < 1.29 is 4.79 Å². The van der Waals surface area contributed by atoms with Crippen molar-refractivity contribution in [3.63, 3.8) is 0 Å². The number of halogens is 1. The van der Waals surface area contributed by atoms with Crippen LogP contribution in [0.1, 0.15) is 41.5 Å². The standard InChI is InChI=1S/C16H20BrN5O/c1-2-12-5-6-13(9-14(12)17)16(23)22(10-11-3-4-11)8-7-15-18-20-21-19-15/h5-6,9,11H,2-4,7-8,10H2,1H3,(H,18,19,20,21). The van der Waals surface area contributed by atoms with Crippen LogP contribution in [0.25, 0.3) is 0 Å². The van der Waals surface area contributed by atoms with Crippen LogP contribution in [0.2, 0.25) is 0 Å². The van der Waals surface area contributed by atoms with Gasteiger partial charge in [-0.25, -0.2) is 0 Å². The number of carbonyl (C=O) groups excluding carboxylic acids is 1. The summed E-state index contributed by atoms with van der Waals surface area (Å²) in [6.07, 6.45) is 3.98. The number of amides is 1. The van der Waals surface area contributed by atoms with E-state index in [0.717, 1.165) is 23.0 Å². The highest BCUT2D eigenvalue weighted by Crippen LogP contribution is 2.30. The molecule has 7 heteroatoms. The Labute approximate surface area is 143 Å². The lowest BCUT2D eigenvalue weighted by molar-refractivity contribution is 0.0748. The Kier molecular flexibility index (Phi) is 5.05. The Morgan fingerprint density at radius 1 is 1.43 bits per heavy atom. The van der Waals surface area contributed by atoms with Crippen molar-refractivity contribution in [3.05, 3.63) is 39.6 Å². The largest absolute Gasteiger partial charge is 0.338 e. The molecule has 0 spiro atoms. The molecular weight excluding hydrogens is 358 g/mol. The first-order valence-electron chi connectivity index (χ1n) is 7.97. The Hall–Kier alpha value is -1.76. The third kappa shape index (κ3) is 4.16. The van der Waals surface area contributed by atoms with E-state index in [1.54, 1.807) is 0 Å². The molecule has 1 aliphatic rings. The second-order valence-corrected chi connectivity index (χ2v) is 6.79. The van der Waals surface area contributed by atoms with Crippen LogP contribution >= 0.6 is 15.9 Å². The predicted molar refractivity (Wildman–Crippen MR) is 90.0 cm³/mol. The van der Waals surface area contributed by atoms with Gasteiger partial charge in [0, 0.05) is 29.5 Å². The van der Waals surface area contributed by atoms with E-state index < -0.39 is 0 Å². The number of rotatable bonds is 7. The average molecular weight is 378 g/mol. The highest BCUT2D eigenvalue weighted by Gasteiger charge is 2.27. The summed E-state index contributed by atoms with van der Waals surface area (Å²) < 4.78 is 0.996. The van der Waals surface area contributed by atoms with Crippen molar-refractivity contribution >= 4 is 21.8 Å². The fraction of sp³-hybridized carbons (Fsp3) is 0.500. The fourth-order valence-corrected chi connectivity index (χ4v) is 3.22. The molecule has 0 saturated heterocycles. The molecule has 1 heterocycles. The van der Waals surface area contributed by atoms with Gasteiger partial charge in [0.05, 0.1) is 0 Å². The summed E-state index contributed by atoms with van der Waals surface area (Å²) in [7, 11) is 0. The SMILES string of the molecule is CCc1ccc(C(=O)N(CCc2nn[nH]n2)CC2CC2)cc1Br. The highest BCUT2D eigenvalue weighted by atomic mass is 79.9. The molecule has 122 valence electrons. The van der Waals surface area contributed by atoms with Crippen LogP contribution in [0.5, 0.6) is 0 Å². The predicted octanol–water partition coefficient (Wildman–Crippen LogP) is 2.62. The number of tetrazole rings is 1. The summed E-state index contributed by atoms with van der Waals surface area (Å²) >= 11 is 3.56. The van der Waals surface area contributed by atoms with Crippen LogP contribution in [0.15, 0.2) is 22.7 Å². The Morgan fingerprint density at radius 3 is 2.87 bits per heavy atom. The molecule has 1 N–H and O–H groups in total. The molecule has 2 aromatic rings. The maximum atomic E-state index is 12.9. The quantitative estimate of drug-likeness (QED) is 0.804. The van der Waals surface area contributed by atoms with Gasteiger partial charge in [-0.3, -0.25) is 4.79 Å². The highest BCUT2D eigenvalue weighted by molar-refractivity contribution is 9.10. The summed E-state index contributed by atoms with van der Waals surface area (Å²) in [4.78, 5) is 14.8. The first-order chi connectivity index (χ1) is 11.2. The number of aromatic nitrogens is 4. The van der Waals surface area contributed by atoms with E-state index in [-0.39, 0.29) is 5.91 Å². The van der Waals surface area contributed by atoms with Crippen molar-refractivity contribution in [2.45, 2.75) is 32.6 Å². The number of aromatic amines is 1. The third-order valence-electron chi connectivity index (χ3n) is 4.14. The first-order valence-corrected chi connectivity index (χ1v) is 8.76. The van der Waals surface area contributed by atoms with Crippen LogP contribution in [-0.4, -0.2) is 44.5 Å². The number of nitrogens with one attached hydrogen (secondary N) is 1. The number of H-pyrrole nitrogens is 1. The minimum atomic E-state index is 0.0729. The van der Waals surface area contributed by atoms with E-state index in [1.807, 2.05) is 23.1 Å². The van der Waals surface area contributed by atoms with E-state index in [4.69, 9.17) is 0 Å². The normalized spacial score (nSPS) is 14.0. The number of carbonyl (C=O) groups is 1. The monoisotopic (exact) mass is 377 g/mol. The van der Waals surface area contributed by atoms with E-state index in [2.05, 4.69) is 43.5 Å². The molecule has 0 radical (unpaired) electrons. The Bertz CT molecular complexity index is 669. The van der Waals surface area contributed by atoms with Crippen LogP contribution in [0, 0.1) is 5.92 Å². The van der Waals surface area contributed by atoms with Crippen molar-refractivity contribution in [1.29, 1.82) is 0 Å². The molecule has 0 aliphatic heterocycles. The van der Waals surface area contributed by atoms with Gasteiger partial charge in [0.25, 0.3) is 5.91 Å². The van der Waals surface area contributed by atoms with Gasteiger partial charge in [0.1, 0.15) is 0 Å². The number of nitrogens with zero attached hydrogens (tertiary/aromatic N) is 4. The molecule has 1 aromatic heterocycles. The second kappa shape index (κ2) is 7.21. The van der Waals surface area contributed by atoms with Gasteiger partial charge in [0.15, 0.2) is 5.82 Å². The van der Waals surface area contributed by atoms with Crippen molar-refractivity contribution in [2.24, 2.45) is 5.92 Å². The van der Waals surface area contributed by atoms with E-state index >= 15 is 0 Å². The Balaban J connectivity index is 1.72. The summed E-state index contributed by atoms with van der Waals surface area (Å²) in [6, 6.07) is 5.86. The molecule has 0 unspecified atom stereocenters. The molecule has 1 saturated carbocycles. The zero-order valence-electron chi connectivity index (χ0n) is 13.1. The summed E-state index contributed by atoms with van der Waals surface area (Å²) in [5.41, 5.74) is 1.94. The molecule has 6 nitrogen and oxygen atoms in total. The van der Waals surface area contributed by atoms with Crippen LogP contribution < -0.4 is 0 Å². The summed E-state index contributed by atoms with van der Waals surface area (Å²) in [5.74, 6) is 1.35. The molecule has 1 aromatic carbocycles. The lowest BCUT2D eigenvalue weighted by Crippen LogP contribution is -2.35. The van der Waals surface area contributed by atoms with Gasteiger partial charge in [-0.15, -0.1) is 10.2 Å². The van der Waals surface area contributed by atoms with Gasteiger partial charge in [0.2, 0.25) is 0 Å². The molecule has 0 atom stereocenters. The lowest BCUT2D eigenvalue weighted by atomic mass is 10.1. The van der Waals surface area contributed by atoms with Gasteiger partial charge in [-0.05, 0) is 42.9 Å². The Morgan fingerprint density at radius 2 is 2.26 bits per heavy atom. The number of hydrogen-bond acceptors (Lipinski definition) is 4. The van der Waals surface area contributed by atoms with Crippen molar-refractivity contribution in [2.75, 3.05) is 13.1 Å². The van der Waals surface area contributed by atoms with Crippen LogP contribution in [0.3, 0.4) is 0 Å². The molecule has 1 amide bonds. The third-order valence-corrected chi connectivity index (χ3v) is 4.88. The lowest BCUT2D eigenvalue weighted by Gasteiger charge is -2.22. The molecule has 0 bridgehead atoms. The van der Waals surface area contributed by atoms with Crippen molar-refractivity contribution in [1.82, 2.24) is 25.5 Å². The average Bonchev–Trinajstić information content (AvgIpc) is 3.22. The van der Waals surface area contributed by atoms with Gasteiger partial charge in [-0.2, -0.15) is 5.21 Å². The maximum Gasteiger partial charge on any atom is 0.253 e. The zero-order chi connectivity index (χ0) is 16.2. The number of aryl methyl sites for hydroxylation is 1. The maximum absolute atomic E-state index is 12.9. The molecule has 1 aliphatic carbocycles. The number of benzene rings is 1. The molecular formula is C16H20BrN5O. The molecule has 1 fully saturated rings. The van der Waals surface area contributed by atoms with E-state index in [9.17, 15) is 4.79 Å². The second-order valence-electron chi connectivity index (χ2n) is 5.93. The van der Waals surface area contributed by atoms with Crippen LogP contribution in [-0.2, 0) is 12.8 Å². The smallest absolute Gasteiger partial charge is 0.253 e. The van der Waals surface area contributed by atoms with Gasteiger partial charge >= 0.3 is 0 Å². The number of hydrogen-bond donors (Lipinski definition) is 1. The molecule has 23 heavy (non-hydrogen) atoms. The summed E-state index contributed by atoms with van der Waals surface area (Å²) in [6.45, 7) is 3.53. The minimum absolute atomic E-state index is 0.0729. The van der Waals surface area contributed by atoms with Crippen LogP contribution in [0.4, 0.5) is 0 Å². The topological polar surface area (TPSA) is 74.8 Å². The van der Waals surface area contributed by atoms with Gasteiger partial charge in [-0.1, -0.05) is 34.1 Å². The van der Waals surface area contributed by atoms with E-state index in [0.29, 0.717) is 24.7 Å². The van der Waals surface area contributed by atoms with Crippen molar-refractivity contribution in [3.8, 4) is 0 Å². The molecule has 3 rings (SSSR count). The van der Waals surface area contributed by atoms with Gasteiger partial charge < -0.3 is 4.90 Å². The summed E-state index contributed by atoms with van der Waals surface area (Å²) in [5, 5.41) is 13.9. The zero-order valence-corrected chi connectivity index (χ0v) is 14.7.